The van der Waals surface area contributed by atoms with Crippen LogP contribution < -0.4 is 10.2 Å². The smallest absolute Gasteiger partial charge is 0.239 e. The molecule has 0 aliphatic heterocycles. The fourth-order valence-electron chi connectivity index (χ4n) is 1.03. The minimum atomic E-state index is -0.234. The highest BCUT2D eigenvalue weighted by molar-refractivity contribution is 6.29. The Morgan fingerprint density at radius 3 is 2.93 bits per heavy atom. The van der Waals surface area contributed by atoms with Crippen molar-refractivity contribution in [3.63, 3.8) is 0 Å². The van der Waals surface area contributed by atoms with E-state index in [1.54, 1.807) is 18.3 Å². The van der Waals surface area contributed by atoms with E-state index in [1.807, 2.05) is 19.0 Å². The average molecular weight is 214 g/mol. The Kier molecular flexibility index (Phi) is 3.71. The Hall–Kier alpha value is -1.29. The van der Waals surface area contributed by atoms with Gasteiger partial charge in [0.1, 0.15) is 5.88 Å². The molecule has 0 bridgehead atoms. The van der Waals surface area contributed by atoms with Crippen LogP contribution in [0.2, 0.25) is 0 Å². The third kappa shape index (κ3) is 2.60. The number of carbonyl (C=O) groups excluding carboxylic acids is 1. The maximum absolute atomic E-state index is 11.1. The normalized spacial score (nSPS) is 9.64. The molecule has 1 heterocycles. The summed E-state index contributed by atoms with van der Waals surface area (Å²) in [5, 5.41) is 2.67. The van der Waals surface area contributed by atoms with Gasteiger partial charge in [0.25, 0.3) is 0 Å². The summed E-state index contributed by atoms with van der Waals surface area (Å²) in [5.41, 5.74) is 0.670. The molecule has 0 aliphatic rings. The van der Waals surface area contributed by atoms with Crippen molar-refractivity contribution >= 4 is 29.0 Å². The van der Waals surface area contributed by atoms with E-state index < -0.39 is 0 Å². The molecule has 1 N–H and O–H groups in total. The van der Waals surface area contributed by atoms with Crippen molar-refractivity contribution < 1.29 is 4.79 Å². The van der Waals surface area contributed by atoms with Crippen LogP contribution in [-0.4, -0.2) is 30.9 Å². The lowest BCUT2D eigenvalue weighted by molar-refractivity contribution is -0.113. The summed E-state index contributed by atoms with van der Waals surface area (Å²) >= 11 is 5.39. The summed E-state index contributed by atoms with van der Waals surface area (Å²) in [6.07, 6.45) is 1.67. The van der Waals surface area contributed by atoms with Gasteiger partial charge >= 0.3 is 0 Å². The van der Waals surface area contributed by atoms with Crippen LogP contribution in [0.3, 0.4) is 0 Å². The molecule has 76 valence electrons. The third-order valence-electron chi connectivity index (χ3n) is 1.61. The van der Waals surface area contributed by atoms with Crippen molar-refractivity contribution in [1.29, 1.82) is 0 Å². The molecular weight excluding hydrogens is 202 g/mol. The molecule has 1 aromatic heterocycles. The van der Waals surface area contributed by atoms with Gasteiger partial charge in [0, 0.05) is 20.3 Å². The molecule has 0 aliphatic carbocycles. The van der Waals surface area contributed by atoms with Crippen LogP contribution in [0.15, 0.2) is 18.3 Å². The van der Waals surface area contributed by atoms with Crippen molar-refractivity contribution in [3.8, 4) is 0 Å². The summed E-state index contributed by atoms with van der Waals surface area (Å²) in [4.78, 5) is 17.0. The van der Waals surface area contributed by atoms with Gasteiger partial charge in [-0.2, -0.15) is 0 Å². The Balaban J connectivity index is 2.90. The van der Waals surface area contributed by atoms with E-state index in [2.05, 4.69) is 10.3 Å². The number of rotatable bonds is 3. The maximum atomic E-state index is 11.1. The molecule has 0 fully saturated rings. The van der Waals surface area contributed by atoms with Crippen LogP contribution in [0.4, 0.5) is 11.5 Å². The SMILES string of the molecule is CN(C)c1ncccc1NC(=O)CCl. The van der Waals surface area contributed by atoms with Crippen LogP contribution in [-0.2, 0) is 4.79 Å². The number of hydrogen-bond acceptors (Lipinski definition) is 3. The second kappa shape index (κ2) is 4.81. The minimum Gasteiger partial charge on any atom is -0.361 e. The van der Waals surface area contributed by atoms with Gasteiger partial charge in [0.15, 0.2) is 5.82 Å². The van der Waals surface area contributed by atoms with Gasteiger partial charge in [0.2, 0.25) is 5.91 Å². The zero-order valence-corrected chi connectivity index (χ0v) is 8.88. The molecule has 1 rings (SSSR count). The zero-order valence-electron chi connectivity index (χ0n) is 8.12. The molecule has 1 amide bonds. The van der Waals surface area contributed by atoms with E-state index in [0.717, 1.165) is 0 Å². The van der Waals surface area contributed by atoms with Crippen molar-refractivity contribution in [1.82, 2.24) is 4.98 Å². The first-order valence-electron chi connectivity index (χ1n) is 4.13. The number of anilines is 2. The van der Waals surface area contributed by atoms with E-state index in [4.69, 9.17) is 11.6 Å². The number of amides is 1. The number of hydrogen-bond donors (Lipinski definition) is 1. The lowest BCUT2D eigenvalue weighted by Gasteiger charge is -2.15. The predicted octanol–water partition coefficient (Wildman–Crippen LogP) is 1.32. The van der Waals surface area contributed by atoms with E-state index in [0.29, 0.717) is 11.5 Å². The highest BCUT2D eigenvalue weighted by Crippen LogP contribution is 2.19. The highest BCUT2D eigenvalue weighted by atomic mass is 35.5. The first kappa shape index (κ1) is 10.8. The quantitative estimate of drug-likeness (QED) is 0.771. The van der Waals surface area contributed by atoms with Gasteiger partial charge in [-0.3, -0.25) is 4.79 Å². The van der Waals surface area contributed by atoms with Gasteiger partial charge < -0.3 is 10.2 Å². The molecule has 0 saturated carbocycles. The third-order valence-corrected chi connectivity index (χ3v) is 1.85. The minimum absolute atomic E-state index is 0.0538. The number of halogens is 1. The molecule has 0 unspecified atom stereocenters. The van der Waals surface area contributed by atoms with Crippen LogP contribution in [0, 0.1) is 0 Å². The molecule has 0 saturated heterocycles. The predicted molar refractivity (Wildman–Crippen MR) is 57.9 cm³/mol. The molecule has 5 heteroatoms. The van der Waals surface area contributed by atoms with E-state index in [9.17, 15) is 4.79 Å². The summed E-state index contributed by atoms with van der Waals surface area (Å²) in [6, 6.07) is 3.55. The van der Waals surface area contributed by atoms with Gasteiger partial charge in [0.05, 0.1) is 5.69 Å². The standard InChI is InChI=1S/C9H12ClN3O/c1-13(2)9-7(4-3-5-11-9)12-8(14)6-10/h3-5H,6H2,1-2H3,(H,12,14). The Labute approximate surface area is 87.9 Å². The van der Waals surface area contributed by atoms with Gasteiger partial charge in [-0.25, -0.2) is 4.98 Å². The first-order chi connectivity index (χ1) is 6.65. The van der Waals surface area contributed by atoms with Crippen molar-refractivity contribution in [2.24, 2.45) is 0 Å². The zero-order chi connectivity index (χ0) is 10.6. The Bertz CT molecular complexity index is 328. The topological polar surface area (TPSA) is 45.2 Å². The fourth-order valence-corrected chi connectivity index (χ4v) is 1.10. The number of carbonyl (C=O) groups is 1. The van der Waals surface area contributed by atoms with Crippen molar-refractivity contribution in [3.05, 3.63) is 18.3 Å². The van der Waals surface area contributed by atoms with E-state index in [1.165, 1.54) is 0 Å². The van der Waals surface area contributed by atoms with Crippen LogP contribution in [0.25, 0.3) is 0 Å². The van der Waals surface area contributed by atoms with E-state index in [-0.39, 0.29) is 11.8 Å². The van der Waals surface area contributed by atoms with E-state index >= 15 is 0 Å². The average Bonchev–Trinajstić information content (AvgIpc) is 2.18. The summed E-state index contributed by atoms with van der Waals surface area (Å²) in [6.45, 7) is 0. The molecule has 14 heavy (non-hydrogen) atoms. The van der Waals surface area contributed by atoms with Gasteiger partial charge in [-0.1, -0.05) is 0 Å². The summed E-state index contributed by atoms with van der Waals surface area (Å²) in [5.74, 6) is 0.427. The first-order valence-corrected chi connectivity index (χ1v) is 4.66. The molecular formula is C9H12ClN3O. The monoisotopic (exact) mass is 213 g/mol. The van der Waals surface area contributed by atoms with Crippen LogP contribution >= 0.6 is 11.6 Å². The molecule has 0 radical (unpaired) electrons. The Morgan fingerprint density at radius 2 is 2.36 bits per heavy atom. The number of alkyl halides is 1. The molecule has 0 spiro atoms. The molecule has 0 atom stereocenters. The van der Waals surface area contributed by atoms with Crippen LogP contribution in [0.1, 0.15) is 0 Å². The summed E-state index contributed by atoms with van der Waals surface area (Å²) in [7, 11) is 3.72. The number of nitrogens with zero attached hydrogens (tertiary/aromatic N) is 2. The fraction of sp³-hybridized carbons (Fsp3) is 0.333. The highest BCUT2D eigenvalue weighted by Gasteiger charge is 2.07. The lowest BCUT2D eigenvalue weighted by atomic mass is 10.3. The Morgan fingerprint density at radius 1 is 1.64 bits per heavy atom. The number of aromatic nitrogens is 1. The van der Waals surface area contributed by atoms with Gasteiger partial charge in [-0.15, -0.1) is 11.6 Å². The maximum Gasteiger partial charge on any atom is 0.239 e. The van der Waals surface area contributed by atoms with Crippen molar-refractivity contribution in [2.45, 2.75) is 0 Å². The second-order valence-electron chi connectivity index (χ2n) is 2.95. The van der Waals surface area contributed by atoms with Crippen molar-refractivity contribution in [2.75, 3.05) is 30.2 Å². The number of nitrogens with one attached hydrogen (secondary N) is 1. The molecule has 0 aromatic carbocycles. The summed E-state index contributed by atoms with van der Waals surface area (Å²) < 4.78 is 0. The second-order valence-corrected chi connectivity index (χ2v) is 3.22. The van der Waals surface area contributed by atoms with Crippen LogP contribution in [0.5, 0.6) is 0 Å². The molecule has 4 nitrogen and oxygen atoms in total. The van der Waals surface area contributed by atoms with Gasteiger partial charge in [-0.05, 0) is 12.1 Å². The number of pyridine rings is 1. The molecule has 1 aromatic rings. The largest absolute Gasteiger partial charge is 0.361 e. The lowest BCUT2D eigenvalue weighted by Crippen LogP contribution is -2.18.